The number of carbonyl (C=O) groups is 1. The van der Waals surface area contributed by atoms with E-state index in [-0.39, 0.29) is 11.3 Å². The van der Waals surface area contributed by atoms with Crippen molar-refractivity contribution in [3.8, 4) is 0 Å². The molecule has 0 heterocycles. The van der Waals surface area contributed by atoms with Gasteiger partial charge in [-0.2, -0.15) is 0 Å². The molecule has 0 bridgehead atoms. The molecule has 7 nitrogen and oxygen atoms in total. The van der Waals surface area contributed by atoms with Crippen LogP contribution in [0.3, 0.4) is 0 Å². The highest BCUT2D eigenvalue weighted by Crippen LogP contribution is 2.30. The maximum atomic E-state index is 11.4. The van der Waals surface area contributed by atoms with E-state index in [9.17, 15) is 23.3 Å². The minimum Gasteiger partial charge on any atom is -0.276 e. The molecule has 0 spiro atoms. The highest BCUT2D eigenvalue weighted by molar-refractivity contribution is 7.92. The normalized spacial score (nSPS) is 11.1. The minimum absolute atomic E-state index is 0.0206. The summed E-state index contributed by atoms with van der Waals surface area (Å²) in [5, 5.41) is 9.97. The number of carbonyl (C=O) groups excluding carboxylic acids is 1. The standard InChI is InChI=1S/C9H9ClN2O5S/c1-11(18(2,16)17)8-5-6(9(10)13)3-4-7(8)12(14)15/h3-5H,1-2H3. The van der Waals surface area contributed by atoms with Gasteiger partial charge in [0.05, 0.1) is 11.2 Å². The zero-order valence-electron chi connectivity index (χ0n) is 9.45. The quantitative estimate of drug-likeness (QED) is 0.474. The lowest BCUT2D eigenvalue weighted by atomic mass is 10.2. The van der Waals surface area contributed by atoms with E-state index in [1.807, 2.05) is 0 Å². The Balaban J connectivity index is 3.51. The number of hydrogen-bond acceptors (Lipinski definition) is 5. The van der Waals surface area contributed by atoms with Gasteiger partial charge in [0.2, 0.25) is 10.0 Å². The van der Waals surface area contributed by atoms with Gasteiger partial charge in [-0.3, -0.25) is 19.2 Å². The van der Waals surface area contributed by atoms with Crippen LogP contribution in [0, 0.1) is 10.1 Å². The van der Waals surface area contributed by atoms with Crippen LogP contribution in [0.2, 0.25) is 0 Å². The number of benzene rings is 1. The molecule has 0 saturated heterocycles. The van der Waals surface area contributed by atoms with E-state index in [2.05, 4.69) is 0 Å². The third-order valence-corrected chi connectivity index (χ3v) is 3.65. The molecule has 18 heavy (non-hydrogen) atoms. The van der Waals surface area contributed by atoms with Crippen molar-refractivity contribution in [2.75, 3.05) is 17.6 Å². The van der Waals surface area contributed by atoms with Crippen LogP contribution >= 0.6 is 11.6 Å². The number of nitro benzene ring substituents is 1. The monoisotopic (exact) mass is 292 g/mol. The summed E-state index contributed by atoms with van der Waals surface area (Å²) in [5.74, 6) is 0. The summed E-state index contributed by atoms with van der Waals surface area (Å²) in [7, 11) is -2.53. The molecule has 1 aromatic rings. The lowest BCUT2D eigenvalue weighted by molar-refractivity contribution is -0.384. The van der Waals surface area contributed by atoms with Gasteiger partial charge in [0.1, 0.15) is 5.69 Å². The molecule has 0 radical (unpaired) electrons. The van der Waals surface area contributed by atoms with Crippen molar-refractivity contribution in [3.05, 3.63) is 33.9 Å². The fraction of sp³-hybridized carbons (Fsp3) is 0.222. The average Bonchev–Trinajstić information content (AvgIpc) is 2.25. The van der Waals surface area contributed by atoms with Crippen molar-refractivity contribution in [2.24, 2.45) is 0 Å². The summed E-state index contributed by atoms with van der Waals surface area (Å²) in [6.45, 7) is 0. The predicted octanol–water partition coefficient (Wildman–Crippen LogP) is 1.37. The Bertz CT molecular complexity index is 613. The number of nitro groups is 1. The van der Waals surface area contributed by atoms with Gasteiger partial charge in [-0.05, 0) is 23.7 Å². The van der Waals surface area contributed by atoms with E-state index in [0.29, 0.717) is 4.31 Å². The molecule has 0 amide bonds. The molecule has 0 unspecified atom stereocenters. The Morgan fingerprint density at radius 1 is 1.44 bits per heavy atom. The van der Waals surface area contributed by atoms with Crippen LogP contribution in [0.25, 0.3) is 0 Å². The van der Waals surface area contributed by atoms with Crippen LogP contribution in [-0.4, -0.2) is 31.9 Å². The summed E-state index contributed by atoms with van der Waals surface area (Å²) in [6.07, 6.45) is 0.895. The molecule has 1 aromatic carbocycles. The number of nitrogens with zero attached hydrogens (tertiary/aromatic N) is 2. The second-order valence-corrected chi connectivity index (χ2v) is 5.82. The first kappa shape index (κ1) is 14.4. The van der Waals surface area contributed by atoms with E-state index >= 15 is 0 Å². The Morgan fingerprint density at radius 3 is 2.39 bits per heavy atom. The van der Waals surface area contributed by atoms with Gasteiger partial charge >= 0.3 is 0 Å². The Hall–Kier alpha value is -1.67. The van der Waals surface area contributed by atoms with Crippen molar-refractivity contribution in [2.45, 2.75) is 0 Å². The molecule has 0 aliphatic carbocycles. The largest absolute Gasteiger partial charge is 0.293 e. The van der Waals surface area contributed by atoms with Crippen LogP contribution in [0.5, 0.6) is 0 Å². The Labute approximate surface area is 108 Å². The lowest BCUT2D eigenvalue weighted by Crippen LogP contribution is -2.25. The molecule has 0 atom stereocenters. The fourth-order valence-electron chi connectivity index (χ4n) is 1.23. The predicted molar refractivity (Wildman–Crippen MR) is 66.5 cm³/mol. The topological polar surface area (TPSA) is 97.6 Å². The molecule has 0 aliphatic heterocycles. The summed E-state index contributed by atoms with van der Waals surface area (Å²) in [4.78, 5) is 21.0. The Morgan fingerprint density at radius 2 is 2.00 bits per heavy atom. The first-order valence-electron chi connectivity index (χ1n) is 4.56. The number of sulfonamides is 1. The zero-order valence-corrected chi connectivity index (χ0v) is 11.0. The first-order chi connectivity index (χ1) is 8.14. The second kappa shape index (κ2) is 4.91. The smallest absolute Gasteiger partial charge is 0.276 e. The molecule has 0 aliphatic rings. The summed E-state index contributed by atoms with van der Waals surface area (Å²) < 4.78 is 23.5. The van der Waals surface area contributed by atoms with Crippen molar-refractivity contribution in [1.82, 2.24) is 0 Å². The average molecular weight is 293 g/mol. The van der Waals surface area contributed by atoms with Gasteiger partial charge in [0.15, 0.2) is 0 Å². The maximum Gasteiger partial charge on any atom is 0.293 e. The van der Waals surface area contributed by atoms with Crippen molar-refractivity contribution < 1.29 is 18.1 Å². The highest BCUT2D eigenvalue weighted by Gasteiger charge is 2.23. The summed E-state index contributed by atoms with van der Waals surface area (Å²) in [6, 6.07) is 3.26. The maximum absolute atomic E-state index is 11.4. The van der Waals surface area contributed by atoms with Crippen molar-refractivity contribution in [1.29, 1.82) is 0 Å². The van der Waals surface area contributed by atoms with Crippen molar-refractivity contribution in [3.63, 3.8) is 0 Å². The number of halogens is 1. The summed E-state index contributed by atoms with van der Waals surface area (Å²) >= 11 is 5.25. The molecular weight excluding hydrogens is 284 g/mol. The zero-order chi connectivity index (χ0) is 14.1. The SMILES string of the molecule is CN(c1cc(C(=O)Cl)ccc1[N+](=O)[O-])S(C)(=O)=O. The number of hydrogen-bond donors (Lipinski definition) is 0. The van der Waals surface area contributed by atoms with E-state index in [1.165, 1.54) is 0 Å². The van der Waals surface area contributed by atoms with Gasteiger partial charge in [0, 0.05) is 18.7 Å². The van der Waals surface area contributed by atoms with E-state index in [0.717, 1.165) is 31.5 Å². The molecule has 0 N–H and O–H groups in total. The molecule has 0 fully saturated rings. The lowest BCUT2D eigenvalue weighted by Gasteiger charge is -2.16. The minimum atomic E-state index is -3.68. The van der Waals surface area contributed by atoms with Crippen molar-refractivity contribution >= 4 is 38.2 Å². The van der Waals surface area contributed by atoms with Gasteiger partial charge < -0.3 is 0 Å². The van der Waals surface area contributed by atoms with Gasteiger partial charge in [-0.15, -0.1) is 0 Å². The third kappa shape index (κ3) is 2.96. The number of rotatable bonds is 4. The van der Waals surface area contributed by atoms with E-state index in [4.69, 9.17) is 11.6 Å². The van der Waals surface area contributed by atoms with E-state index < -0.39 is 25.9 Å². The van der Waals surface area contributed by atoms with Gasteiger partial charge in [0.25, 0.3) is 10.9 Å². The molecule has 0 saturated carbocycles. The van der Waals surface area contributed by atoms with E-state index in [1.54, 1.807) is 0 Å². The van der Waals surface area contributed by atoms with Crippen LogP contribution < -0.4 is 4.31 Å². The third-order valence-electron chi connectivity index (χ3n) is 2.24. The van der Waals surface area contributed by atoms with Crippen LogP contribution in [0.15, 0.2) is 18.2 Å². The second-order valence-electron chi connectivity index (χ2n) is 3.46. The van der Waals surface area contributed by atoms with Crippen LogP contribution in [-0.2, 0) is 10.0 Å². The molecule has 0 aromatic heterocycles. The number of anilines is 1. The molecule has 9 heteroatoms. The van der Waals surface area contributed by atoms with Gasteiger partial charge in [-0.1, -0.05) is 0 Å². The molecular formula is C9H9ClN2O5S. The fourth-order valence-corrected chi connectivity index (χ4v) is 1.85. The van der Waals surface area contributed by atoms with Gasteiger partial charge in [-0.25, -0.2) is 8.42 Å². The summed E-state index contributed by atoms with van der Waals surface area (Å²) in [5.41, 5.74) is -0.661. The Kier molecular flexibility index (Phi) is 3.92. The molecule has 1 rings (SSSR count). The van der Waals surface area contributed by atoms with Crippen LogP contribution in [0.1, 0.15) is 10.4 Å². The highest BCUT2D eigenvalue weighted by atomic mass is 35.5. The molecule has 98 valence electrons. The van der Waals surface area contributed by atoms with Crippen LogP contribution in [0.4, 0.5) is 11.4 Å². The first-order valence-corrected chi connectivity index (χ1v) is 6.79.